The van der Waals surface area contributed by atoms with E-state index in [1.54, 1.807) is 30.3 Å². The maximum absolute atomic E-state index is 15.2. The van der Waals surface area contributed by atoms with Crippen molar-refractivity contribution in [2.75, 3.05) is 25.1 Å². The van der Waals surface area contributed by atoms with Gasteiger partial charge in [-0.2, -0.15) is 0 Å². The lowest BCUT2D eigenvalue weighted by atomic mass is 9.65. The van der Waals surface area contributed by atoms with Crippen LogP contribution in [0.1, 0.15) is 78.7 Å². The number of ether oxygens (including phenoxy) is 4. The summed E-state index contributed by atoms with van der Waals surface area (Å²) in [4.78, 5) is 89.7. The number of esters is 3. The number of phenolic OH excluding ortho intramolecular Hbond substituents is 1. The molecule has 5 aliphatic rings. The molecule has 0 saturated carbocycles. The van der Waals surface area contributed by atoms with Gasteiger partial charge in [0.25, 0.3) is 0 Å². The topological polar surface area (TPSA) is 190 Å². The van der Waals surface area contributed by atoms with Gasteiger partial charge in [-0.05, 0) is 112 Å². The molecule has 0 aliphatic carbocycles. The van der Waals surface area contributed by atoms with Crippen LogP contribution in [0, 0.1) is 21.3 Å². The van der Waals surface area contributed by atoms with Crippen LogP contribution in [0.25, 0.3) is 0 Å². The van der Waals surface area contributed by atoms with E-state index in [9.17, 15) is 29.1 Å². The summed E-state index contributed by atoms with van der Waals surface area (Å²) in [7, 11) is 0. The van der Waals surface area contributed by atoms with Gasteiger partial charge in [0, 0.05) is 9.26 Å². The average Bonchev–Trinajstić information content (AvgIpc) is 4.03. The molecule has 5 aromatic carbocycles. The van der Waals surface area contributed by atoms with Crippen LogP contribution in [0.15, 0.2) is 140 Å². The fourth-order valence-corrected chi connectivity index (χ4v) is 12.2. The number of morpholine rings is 1. The molecule has 0 bridgehead atoms. The van der Waals surface area contributed by atoms with Crippen LogP contribution >= 0.6 is 22.6 Å². The lowest BCUT2D eigenvalue weighted by Crippen LogP contribution is -2.61. The van der Waals surface area contributed by atoms with Gasteiger partial charge in [0.2, 0.25) is 17.7 Å². The molecule has 10 atom stereocenters. The number of piperazine rings is 1. The summed E-state index contributed by atoms with van der Waals surface area (Å²) >= 11 is 2.18. The molecule has 10 rings (SSSR count). The molecule has 370 valence electrons. The minimum Gasteiger partial charge on any atom is -0.508 e. The molecule has 16 heteroatoms. The highest BCUT2D eigenvalue weighted by Gasteiger charge is 2.74. The summed E-state index contributed by atoms with van der Waals surface area (Å²) in [6.45, 7) is 7.31. The van der Waals surface area contributed by atoms with E-state index in [1.807, 2.05) is 104 Å². The summed E-state index contributed by atoms with van der Waals surface area (Å²) in [5.74, 6) is -4.77. The monoisotopic (exact) mass is 1080 g/mol. The minimum atomic E-state index is -1.71. The predicted octanol–water partition coefficient (Wildman–Crippen LogP) is 7.42. The normalized spacial score (nSPS) is 27.3. The molecule has 0 aromatic heterocycles. The van der Waals surface area contributed by atoms with Gasteiger partial charge in [-0.25, -0.2) is 0 Å². The number of aromatic hydroxyl groups is 1. The van der Waals surface area contributed by atoms with E-state index >= 15 is 4.79 Å². The highest BCUT2D eigenvalue weighted by Crippen LogP contribution is 2.65. The van der Waals surface area contributed by atoms with Gasteiger partial charge in [-0.15, -0.1) is 0 Å². The minimum absolute atomic E-state index is 0.0199. The molecule has 5 aliphatic heterocycles. The maximum Gasteiger partial charge on any atom is 0.325 e. The Morgan fingerprint density at radius 1 is 0.819 bits per heavy atom. The Morgan fingerprint density at radius 2 is 1.49 bits per heavy atom. The number of benzene rings is 5. The number of halogens is 1. The molecule has 3 N–H and O–H groups in total. The molecule has 0 radical (unpaired) electrons. The summed E-state index contributed by atoms with van der Waals surface area (Å²) in [6, 6.07) is 32.6. The summed E-state index contributed by atoms with van der Waals surface area (Å²) < 4.78 is 25.0. The number of nitrogens with one attached hydrogen (secondary N) is 2. The second-order valence-corrected chi connectivity index (χ2v) is 20.5. The van der Waals surface area contributed by atoms with Crippen molar-refractivity contribution in [1.29, 1.82) is 0 Å². The van der Waals surface area contributed by atoms with E-state index in [2.05, 4.69) is 39.8 Å². The second-order valence-electron chi connectivity index (χ2n) is 19.2. The Hall–Kier alpha value is -7.05. The number of hydrogen-bond donors (Lipinski definition) is 3. The number of anilines is 1. The number of carbonyl (C=O) groups excluding carboxylic acids is 6. The molecular formula is C56H53IN4O11. The fourth-order valence-electron chi connectivity index (χ4n) is 11.7. The Kier molecular flexibility index (Phi) is 13.4. The molecule has 4 saturated heterocycles. The van der Waals surface area contributed by atoms with Gasteiger partial charge in [0.15, 0.2) is 0 Å². The van der Waals surface area contributed by atoms with Crippen molar-refractivity contribution in [1.82, 2.24) is 15.1 Å². The third kappa shape index (κ3) is 8.46. The summed E-state index contributed by atoms with van der Waals surface area (Å²) in [6.07, 6.45) is 1.10. The molecule has 4 fully saturated rings. The first-order chi connectivity index (χ1) is 34.8. The smallest absolute Gasteiger partial charge is 0.325 e. The molecule has 5 heterocycles. The largest absolute Gasteiger partial charge is 0.508 e. The molecule has 72 heavy (non-hydrogen) atoms. The number of phenols is 1. The number of hydrogen-bond acceptors (Lipinski definition) is 12. The maximum atomic E-state index is 15.2. The fraction of sp³-hybridized carbons (Fsp3) is 0.321. The van der Waals surface area contributed by atoms with E-state index in [-0.39, 0.29) is 49.7 Å². The average molecular weight is 1080 g/mol. The third-order valence-corrected chi connectivity index (χ3v) is 15.2. The van der Waals surface area contributed by atoms with Crippen LogP contribution in [-0.2, 0) is 48.4 Å². The number of cyclic esters (lactones) is 1. The number of nitrogens with zero attached hydrogens (tertiary/aromatic N) is 2. The van der Waals surface area contributed by atoms with Gasteiger partial charge < -0.3 is 39.6 Å². The molecule has 5 aromatic rings. The van der Waals surface area contributed by atoms with Crippen LogP contribution in [0.3, 0.4) is 0 Å². The number of amides is 3. The van der Waals surface area contributed by atoms with Crippen molar-refractivity contribution in [3.05, 3.63) is 171 Å². The first-order valence-electron chi connectivity index (χ1n) is 24.1. The van der Waals surface area contributed by atoms with Gasteiger partial charge in [0.05, 0.1) is 24.0 Å². The van der Waals surface area contributed by atoms with Crippen LogP contribution in [0.5, 0.6) is 11.5 Å². The third-order valence-electron chi connectivity index (χ3n) is 14.6. The van der Waals surface area contributed by atoms with Crippen molar-refractivity contribution in [3.8, 4) is 11.5 Å². The lowest BCUT2D eigenvalue weighted by molar-refractivity contribution is -0.180. The van der Waals surface area contributed by atoms with E-state index in [4.69, 9.17) is 18.9 Å². The number of fused-ring (bicyclic) bond motifs is 4. The first-order valence-corrected chi connectivity index (χ1v) is 25.2. The van der Waals surface area contributed by atoms with Crippen molar-refractivity contribution < 1.29 is 52.8 Å². The molecular weight excluding hydrogens is 1030 g/mol. The lowest BCUT2D eigenvalue weighted by Gasteiger charge is -2.46. The van der Waals surface area contributed by atoms with Crippen molar-refractivity contribution in [2.24, 2.45) is 17.8 Å². The standard InChI is InChI=1S/C56H53IN4O11/c1-4-25-70-53(66)44-47-54(67)72-48(34-13-9-6-10-14-34)46(32-11-7-5-8-12-32)61(47)49(56(44)40-29-36(57)19-24-41(40)59-55(56)68)35-17-22-38(23-18-35)69-26-27-71-52(65)39-30-43-50(63)58-42(28-31(2)3)51(64)60(43)45(39)33-15-20-37(62)21-16-33/h4-24,29,31,39,42-49,62H,1,25-28,30H2,2-3H3,(H,58,63)(H,59,68)/t39-,42-,43-,44+,45-,46+,47+,48-,49-,56+/m0/s1. The van der Waals surface area contributed by atoms with E-state index < -0.39 is 83.4 Å². The van der Waals surface area contributed by atoms with Crippen LogP contribution < -0.4 is 15.4 Å². The van der Waals surface area contributed by atoms with E-state index in [1.165, 1.54) is 23.1 Å². The Balaban J connectivity index is 0.964. The van der Waals surface area contributed by atoms with Crippen LogP contribution in [-0.4, -0.2) is 88.5 Å². The van der Waals surface area contributed by atoms with Gasteiger partial charge in [-0.3, -0.25) is 33.7 Å². The van der Waals surface area contributed by atoms with Crippen molar-refractivity contribution >= 4 is 63.9 Å². The van der Waals surface area contributed by atoms with Gasteiger partial charge >= 0.3 is 17.9 Å². The zero-order valence-electron chi connectivity index (χ0n) is 39.5. The molecule has 1 spiro atoms. The highest BCUT2D eigenvalue weighted by molar-refractivity contribution is 14.1. The SMILES string of the molecule is C=CCOC(=O)[C@H]1[C@@H]2C(=O)O[C@@H](c3ccccc3)[C@@H](c3ccccc3)N2[C@@H](c2ccc(OCCOC(=O)[C@H]3C[C@H]4C(=O)N[C@@H](CC(C)C)C(=O)N4[C@H]3c3ccc(O)cc3)cc2)[C@]12C(=O)Nc1ccc(I)cc12. The zero-order valence-corrected chi connectivity index (χ0v) is 41.7. The van der Waals surface area contributed by atoms with Gasteiger partial charge in [-0.1, -0.05) is 111 Å². The number of rotatable bonds is 14. The first kappa shape index (κ1) is 48.6. The van der Waals surface area contributed by atoms with Crippen LogP contribution in [0.4, 0.5) is 5.69 Å². The van der Waals surface area contributed by atoms with Crippen molar-refractivity contribution in [2.45, 2.75) is 74.5 Å². The quantitative estimate of drug-likeness (QED) is 0.0329. The second kappa shape index (κ2) is 19.9. The Labute approximate surface area is 430 Å². The molecule has 3 amide bonds. The zero-order chi connectivity index (χ0) is 50.4. The molecule has 15 nitrogen and oxygen atoms in total. The van der Waals surface area contributed by atoms with E-state index in [0.717, 1.165) is 14.7 Å². The summed E-state index contributed by atoms with van der Waals surface area (Å²) in [5.41, 5.74) is 2.08. The highest BCUT2D eigenvalue weighted by atomic mass is 127. The predicted molar refractivity (Wildman–Crippen MR) is 271 cm³/mol. The van der Waals surface area contributed by atoms with Crippen LogP contribution in [0.2, 0.25) is 0 Å². The Bertz CT molecular complexity index is 2920. The van der Waals surface area contributed by atoms with Gasteiger partial charge in [0.1, 0.15) is 66.9 Å². The van der Waals surface area contributed by atoms with E-state index in [0.29, 0.717) is 34.5 Å². The molecule has 0 unspecified atom stereocenters. The van der Waals surface area contributed by atoms with Crippen molar-refractivity contribution in [3.63, 3.8) is 0 Å². The summed E-state index contributed by atoms with van der Waals surface area (Å²) in [5, 5.41) is 16.0. The number of carbonyl (C=O) groups is 6. The Morgan fingerprint density at radius 3 is 2.17 bits per heavy atom.